The lowest BCUT2D eigenvalue weighted by Crippen LogP contribution is -2.65. The number of rotatable bonds is 5. The van der Waals surface area contributed by atoms with Crippen LogP contribution in [-0.2, 0) is 14.3 Å². The van der Waals surface area contributed by atoms with Crippen LogP contribution in [-0.4, -0.2) is 34.0 Å². The van der Waals surface area contributed by atoms with Crippen molar-refractivity contribution >= 4 is 34.3 Å². The van der Waals surface area contributed by atoms with Crippen molar-refractivity contribution in [2.75, 3.05) is 5.32 Å². The van der Waals surface area contributed by atoms with E-state index in [1.807, 2.05) is 6.92 Å². The number of anilines is 1. The van der Waals surface area contributed by atoms with E-state index in [0.29, 0.717) is 23.4 Å². The lowest BCUT2D eigenvalue weighted by molar-refractivity contribution is -0.212. The summed E-state index contributed by atoms with van der Waals surface area (Å²) in [6.07, 6.45) is 12.9. The summed E-state index contributed by atoms with van der Waals surface area (Å²) >= 11 is 1.19. The molecule has 6 rings (SSSR count). The van der Waals surface area contributed by atoms with Crippen LogP contribution in [0.5, 0.6) is 0 Å². The maximum Gasteiger partial charge on any atom is 0.355 e. The number of carbonyl (C=O) groups is 3. The maximum atomic E-state index is 14.3. The zero-order valence-electron chi connectivity index (χ0n) is 28.7. The zero-order chi connectivity index (χ0) is 32.8. The Morgan fingerprint density at radius 3 is 2.36 bits per heavy atom. The summed E-state index contributed by atoms with van der Waals surface area (Å²) in [7, 11) is 0. The van der Waals surface area contributed by atoms with Crippen molar-refractivity contribution in [1.29, 1.82) is 0 Å². The monoisotopic (exact) mass is 638 g/mol. The number of thiazole rings is 1. The summed E-state index contributed by atoms with van der Waals surface area (Å²) in [5.74, 6) is 0.0265. The van der Waals surface area contributed by atoms with Gasteiger partial charge in [0, 0.05) is 17.2 Å². The number of nitrogens with zero attached hydrogens (tertiary/aromatic N) is 1. The van der Waals surface area contributed by atoms with Crippen molar-refractivity contribution < 1.29 is 24.2 Å². The lowest BCUT2D eigenvalue weighted by Gasteiger charge is -2.71. The summed E-state index contributed by atoms with van der Waals surface area (Å²) in [6.45, 7) is 18.9. The van der Waals surface area contributed by atoms with Crippen LogP contribution in [0, 0.1) is 50.2 Å². The molecule has 5 aliphatic carbocycles. The average molecular weight is 639 g/mol. The highest BCUT2D eigenvalue weighted by Crippen LogP contribution is 2.76. The molecule has 1 aromatic rings. The number of hydrogen-bond donors (Lipinski definition) is 2. The molecule has 0 spiro atoms. The molecule has 8 atom stereocenters. The second-order valence-corrected chi connectivity index (χ2v) is 18.2. The molecular formula is C37H54N2O5S. The largest absolute Gasteiger partial charge is 0.476 e. The minimum Gasteiger partial charge on any atom is -0.476 e. The van der Waals surface area contributed by atoms with Gasteiger partial charge in [0.2, 0.25) is 5.91 Å². The third kappa shape index (κ3) is 4.77. The Balaban J connectivity index is 1.35. The number of aromatic carboxylic acids is 1. The van der Waals surface area contributed by atoms with Crippen molar-refractivity contribution in [3.8, 4) is 0 Å². The van der Waals surface area contributed by atoms with Gasteiger partial charge in [-0.3, -0.25) is 9.59 Å². The lowest BCUT2D eigenvalue weighted by atomic mass is 9.33. The fraction of sp³-hybridized carbons (Fsp3) is 0.784. The Labute approximate surface area is 273 Å². The molecular weight excluding hydrogens is 584 g/mol. The number of carbonyl (C=O) groups excluding carboxylic acids is 2. The molecule has 248 valence electrons. The normalized spacial score (nSPS) is 41.3. The average Bonchev–Trinajstić information content (AvgIpc) is 3.43. The van der Waals surface area contributed by atoms with E-state index in [1.165, 1.54) is 22.3 Å². The molecule has 0 radical (unpaired) electrons. The van der Waals surface area contributed by atoms with Crippen LogP contribution in [0.15, 0.2) is 17.0 Å². The summed E-state index contributed by atoms with van der Waals surface area (Å²) in [4.78, 5) is 42.4. The highest BCUT2D eigenvalue weighted by atomic mass is 32.1. The number of hydrogen-bond acceptors (Lipinski definition) is 6. The molecule has 5 aliphatic rings. The molecule has 45 heavy (non-hydrogen) atoms. The first-order valence-electron chi connectivity index (χ1n) is 17.3. The minimum atomic E-state index is -1.08. The van der Waals surface area contributed by atoms with Gasteiger partial charge in [0.1, 0.15) is 6.10 Å². The van der Waals surface area contributed by atoms with Crippen molar-refractivity contribution in [1.82, 2.24) is 4.98 Å². The van der Waals surface area contributed by atoms with Crippen LogP contribution >= 0.6 is 11.3 Å². The van der Waals surface area contributed by atoms with E-state index in [4.69, 9.17) is 4.74 Å². The van der Waals surface area contributed by atoms with Gasteiger partial charge in [-0.1, -0.05) is 67.0 Å². The number of ether oxygens (including phenoxy) is 1. The molecule has 0 bridgehead atoms. The van der Waals surface area contributed by atoms with E-state index in [9.17, 15) is 19.5 Å². The van der Waals surface area contributed by atoms with Gasteiger partial charge in [0.05, 0.1) is 5.41 Å². The SMILES string of the molecule is CCC(=O)OC1CC[C@@]2(C)C(CC[C@]3(C)C2CC=C2C4CC(C)(C)CCC4(C(=O)Nc4nc(C(=O)O)cs4)CC[C@]23C)C1(C)C. The van der Waals surface area contributed by atoms with Gasteiger partial charge >= 0.3 is 11.9 Å². The smallest absolute Gasteiger partial charge is 0.355 e. The summed E-state index contributed by atoms with van der Waals surface area (Å²) in [6, 6.07) is 0. The fourth-order valence-electron chi connectivity index (χ4n) is 11.7. The van der Waals surface area contributed by atoms with Crippen LogP contribution in [0.1, 0.15) is 137 Å². The quantitative estimate of drug-likeness (QED) is 0.246. The summed E-state index contributed by atoms with van der Waals surface area (Å²) in [5, 5.41) is 14.4. The third-order valence-electron chi connectivity index (χ3n) is 14.5. The molecule has 0 saturated heterocycles. The molecule has 2 N–H and O–H groups in total. The van der Waals surface area contributed by atoms with E-state index >= 15 is 0 Å². The van der Waals surface area contributed by atoms with Gasteiger partial charge in [-0.25, -0.2) is 9.78 Å². The van der Waals surface area contributed by atoms with Crippen molar-refractivity contribution in [2.24, 2.45) is 50.2 Å². The molecule has 5 unspecified atom stereocenters. The number of amides is 1. The van der Waals surface area contributed by atoms with Crippen LogP contribution in [0.25, 0.3) is 0 Å². The summed E-state index contributed by atoms with van der Waals surface area (Å²) in [5.41, 5.74) is 1.31. The van der Waals surface area contributed by atoms with E-state index in [-0.39, 0.29) is 56.7 Å². The predicted molar refractivity (Wildman–Crippen MR) is 177 cm³/mol. The molecule has 4 fully saturated rings. The fourth-order valence-corrected chi connectivity index (χ4v) is 12.4. The first kappa shape index (κ1) is 32.7. The van der Waals surface area contributed by atoms with E-state index < -0.39 is 11.4 Å². The first-order chi connectivity index (χ1) is 20.9. The van der Waals surface area contributed by atoms with Gasteiger partial charge in [0.15, 0.2) is 10.8 Å². The van der Waals surface area contributed by atoms with Crippen LogP contribution in [0.3, 0.4) is 0 Å². The molecule has 1 amide bonds. The highest BCUT2D eigenvalue weighted by molar-refractivity contribution is 7.14. The standard InChI is InChI=1S/C37H54N2O5S/c1-9-28(40)44-27-13-14-34(6)25(33(27,4)5)12-15-36(8)26(34)11-10-22-23-20-32(2,3)16-18-37(23,19-17-35(22,36)7)30(43)39-31-38-24(21-45-31)29(41)42/h10,21,23,25-27H,9,11-20H2,1-8H3,(H,41,42)(H,38,39,43)/t23?,25?,26?,27?,34-,35+,36+,37?/m0/s1. The summed E-state index contributed by atoms with van der Waals surface area (Å²) < 4.78 is 6.06. The van der Waals surface area contributed by atoms with Gasteiger partial charge in [-0.15, -0.1) is 11.3 Å². The van der Waals surface area contributed by atoms with E-state index in [2.05, 4.69) is 64.8 Å². The van der Waals surface area contributed by atoms with Gasteiger partial charge < -0.3 is 15.2 Å². The maximum absolute atomic E-state index is 14.3. The Hall–Kier alpha value is -2.22. The van der Waals surface area contributed by atoms with E-state index in [1.54, 1.807) is 0 Å². The van der Waals surface area contributed by atoms with Gasteiger partial charge in [-0.05, 0) is 104 Å². The molecule has 8 heteroatoms. The third-order valence-corrected chi connectivity index (χ3v) is 15.3. The van der Waals surface area contributed by atoms with Crippen LogP contribution in [0.2, 0.25) is 0 Å². The topological polar surface area (TPSA) is 106 Å². The minimum absolute atomic E-state index is 0.000903. The highest BCUT2D eigenvalue weighted by Gasteiger charge is 2.69. The van der Waals surface area contributed by atoms with Gasteiger partial charge in [0.25, 0.3) is 0 Å². The number of carboxylic acid groups (broad SMARTS) is 1. The Bertz CT molecular complexity index is 1430. The van der Waals surface area contributed by atoms with Gasteiger partial charge in [-0.2, -0.15) is 0 Å². The second-order valence-electron chi connectivity index (χ2n) is 17.4. The Kier molecular flexibility index (Phi) is 7.74. The number of fused-ring (bicyclic) bond motifs is 7. The molecule has 0 aromatic carbocycles. The van der Waals surface area contributed by atoms with Crippen LogP contribution < -0.4 is 5.32 Å². The van der Waals surface area contributed by atoms with Crippen LogP contribution in [0.4, 0.5) is 5.13 Å². The Morgan fingerprint density at radius 1 is 0.978 bits per heavy atom. The molecule has 0 aliphatic heterocycles. The first-order valence-corrected chi connectivity index (χ1v) is 18.2. The Morgan fingerprint density at radius 2 is 1.69 bits per heavy atom. The van der Waals surface area contributed by atoms with Crippen molar-refractivity contribution in [3.63, 3.8) is 0 Å². The van der Waals surface area contributed by atoms with Crippen molar-refractivity contribution in [3.05, 3.63) is 22.7 Å². The molecule has 7 nitrogen and oxygen atoms in total. The number of allylic oxidation sites excluding steroid dienone is 2. The zero-order valence-corrected chi connectivity index (χ0v) is 29.5. The molecule has 4 saturated carbocycles. The number of aromatic nitrogens is 1. The van der Waals surface area contributed by atoms with Crippen molar-refractivity contribution in [2.45, 2.75) is 132 Å². The number of nitrogens with one attached hydrogen (secondary N) is 1. The molecule has 1 aromatic heterocycles. The number of esters is 1. The van der Waals surface area contributed by atoms with E-state index in [0.717, 1.165) is 64.2 Å². The number of carboxylic acids is 1. The molecule has 1 heterocycles. The predicted octanol–water partition coefficient (Wildman–Crippen LogP) is 8.90. The second kappa shape index (κ2) is 10.6.